The fraction of sp³-hybridized carbons (Fsp3) is 0.200. The zero-order chi connectivity index (χ0) is 13.1. The summed E-state index contributed by atoms with van der Waals surface area (Å²) in [5.74, 6) is 0.0949. The van der Waals surface area contributed by atoms with Gasteiger partial charge in [0.05, 0.1) is 12.1 Å². The predicted molar refractivity (Wildman–Crippen MR) is 75.9 cm³/mol. The third-order valence-corrected chi connectivity index (χ3v) is 3.79. The molecule has 2 nitrogen and oxygen atoms in total. The number of halogens is 1. The quantitative estimate of drug-likeness (QED) is 0.805. The third-order valence-electron chi connectivity index (χ3n) is 2.94. The van der Waals surface area contributed by atoms with Crippen LogP contribution in [-0.4, -0.2) is 10.8 Å². The Kier molecular flexibility index (Phi) is 3.92. The van der Waals surface area contributed by atoms with Crippen LogP contribution in [0.3, 0.4) is 0 Å². The molecule has 0 aliphatic heterocycles. The van der Waals surface area contributed by atoms with E-state index in [9.17, 15) is 4.79 Å². The molecule has 0 saturated heterocycles. The number of nitrogens with zero attached hydrogens (tertiary/aromatic N) is 1. The lowest BCUT2D eigenvalue weighted by molar-refractivity contribution is 0.0991. The van der Waals surface area contributed by atoms with Gasteiger partial charge in [0.15, 0.2) is 5.78 Å². The van der Waals surface area contributed by atoms with Gasteiger partial charge in [-0.1, -0.05) is 34.1 Å². The van der Waals surface area contributed by atoms with Crippen LogP contribution in [0.15, 0.2) is 41.0 Å². The molecule has 0 radical (unpaired) electrons. The number of rotatable bonds is 3. The van der Waals surface area contributed by atoms with Crippen molar-refractivity contribution in [2.75, 3.05) is 0 Å². The van der Waals surface area contributed by atoms with Crippen molar-refractivity contribution < 1.29 is 4.79 Å². The third kappa shape index (κ3) is 2.85. The molecule has 0 bridgehead atoms. The highest BCUT2D eigenvalue weighted by atomic mass is 79.9. The number of pyridine rings is 1. The van der Waals surface area contributed by atoms with Gasteiger partial charge in [0.1, 0.15) is 0 Å². The first-order chi connectivity index (χ1) is 8.58. The van der Waals surface area contributed by atoms with Crippen molar-refractivity contribution in [2.45, 2.75) is 20.3 Å². The van der Waals surface area contributed by atoms with Gasteiger partial charge >= 0.3 is 0 Å². The van der Waals surface area contributed by atoms with Gasteiger partial charge in [-0.2, -0.15) is 0 Å². The van der Waals surface area contributed by atoms with Crippen LogP contribution in [0, 0.1) is 13.8 Å². The number of aromatic nitrogens is 1. The van der Waals surface area contributed by atoms with E-state index in [4.69, 9.17) is 0 Å². The van der Waals surface area contributed by atoms with E-state index in [1.165, 1.54) is 0 Å². The molecule has 0 aliphatic rings. The van der Waals surface area contributed by atoms with Crippen molar-refractivity contribution in [3.63, 3.8) is 0 Å². The van der Waals surface area contributed by atoms with Crippen LogP contribution in [0.2, 0.25) is 0 Å². The van der Waals surface area contributed by atoms with Crippen molar-refractivity contribution in [1.82, 2.24) is 4.98 Å². The molecule has 18 heavy (non-hydrogen) atoms. The molecule has 2 aromatic rings. The number of hydrogen-bond acceptors (Lipinski definition) is 2. The van der Waals surface area contributed by atoms with E-state index in [0.717, 1.165) is 26.9 Å². The monoisotopic (exact) mass is 303 g/mol. The second-order valence-corrected chi connectivity index (χ2v) is 5.19. The van der Waals surface area contributed by atoms with Crippen LogP contribution >= 0.6 is 15.9 Å². The van der Waals surface area contributed by atoms with Gasteiger partial charge in [0.2, 0.25) is 0 Å². The maximum Gasteiger partial charge on any atom is 0.168 e. The van der Waals surface area contributed by atoms with E-state index < -0.39 is 0 Å². The number of carbonyl (C=O) groups excluding carboxylic acids is 1. The Morgan fingerprint density at radius 1 is 1.22 bits per heavy atom. The van der Waals surface area contributed by atoms with E-state index in [-0.39, 0.29) is 5.78 Å². The van der Waals surface area contributed by atoms with Gasteiger partial charge < -0.3 is 0 Å². The first-order valence-corrected chi connectivity index (χ1v) is 6.57. The molecule has 0 N–H and O–H groups in total. The fourth-order valence-corrected chi connectivity index (χ4v) is 2.10. The molecule has 0 amide bonds. The molecule has 1 heterocycles. The SMILES string of the molecule is Cc1ccc(C(=O)Cc2ncccc2C)cc1Br. The second kappa shape index (κ2) is 5.44. The maximum atomic E-state index is 12.2. The number of aryl methyl sites for hydroxylation is 2. The lowest BCUT2D eigenvalue weighted by Crippen LogP contribution is -2.06. The van der Waals surface area contributed by atoms with Gasteiger partial charge in [-0.3, -0.25) is 9.78 Å². The zero-order valence-electron chi connectivity index (χ0n) is 10.4. The van der Waals surface area contributed by atoms with Crippen LogP contribution in [0.4, 0.5) is 0 Å². The average molecular weight is 304 g/mol. The summed E-state index contributed by atoms with van der Waals surface area (Å²) in [6.45, 7) is 3.97. The van der Waals surface area contributed by atoms with Crippen LogP contribution in [0.25, 0.3) is 0 Å². The molecular formula is C15H14BrNO. The smallest absolute Gasteiger partial charge is 0.168 e. The first kappa shape index (κ1) is 13.0. The van der Waals surface area contributed by atoms with Gasteiger partial charge in [-0.15, -0.1) is 0 Å². The summed E-state index contributed by atoms with van der Waals surface area (Å²) < 4.78 is 0.964. The largest absolute Gasteiger partial charge is 0.294 e. The van der Waals surface area contributed by atoms with Crippen molar-refractivity contribution in [2.24, 2.45) is 0 Å². The van der Waals surface area contributed by atoms with Crippen molar-refractivity contribution in [3.05, 3.63) is 63.4 Å². The van der Waals surface area contributed by atoms with Crippen LogP contribution in [0.1, 0.15) is 27.2 Å². The van der Waals surface area contributed by atoms with E-state index in [1.54, 1.807) is 6.20 Å². The lowest BCUT2D eigenvalue weighted by atomic mass is 10.0. The minimum Gasteiger partial charge on any atom is -0.294 e. The van der Waals surface area contributed by atoms with Crippen LogP contribution < -0.4 is 0 Å². The summed E-state index contributed by atoms with van der Waals surface area (Å²) in [5, 5.41) is 0. The Morgan fingerprint density at radius 2 is 2.00 bits per heavy atom. The highest BCUT2D eigenvalue weighted by Crippen LogP contribution is 2.19. The Morgan fingerprint density at radius 3 is 2.67 bits per heavy atom. The standard InChI is InChI=1S/C15H14BrNO/c1-10-5-6-12(8-13(10)16)15(18)9-14-11(2)4-3-7-17-14/h3-8H,9H2,1-2H3. The summed E-state index contributed by atoms with van der Waals surface area (Å²) in [6, 6.07) is 9.53. The Labute approximate surface area is 115 Å². The average Bonchev–Trinajstić information content (AvgIpc) is 2.35. The summed E-state index contributed by atoms with van der Waals surface area (Å²) in [5.41, 5.74) is 3.74. The summed E-state index contributed by atoms with van der Waals surface area (Å²) >= 11 is 3.45. The Hall–Kier alpha value is -1.48. The van der Waals surface area contributed by atoms with Gasteiger partial charge in [0.25, 0.3) is 0 Å². The number of hydrogen-bond donors (Lipinski definition) is 0. The minimum absolute atomic E-state index is 0.0949. The number of benzene rings is 1. The van der Waals surface area contributed by atoms with Crippen molar-refractivity contribution in [3.8, 4) is 0 Å². The Balaban J connectivity index is 2.22. The first-order valence-electron chi connectivity index (χ1n) is 5.78. The van der Waals surface area contributed by atoms with Crippen molar-refractivity contribution in [1.29, 1.82) is 0 Å². The van der Waals surface area contributed by atoms with Gasteiger partial charge in [0, 0.05) is 16.2 Å². The van der Waals surface area contributed by atoms with Gasteiger partial charge in [-0.05, 0) is 37.1 Å². The molecule has 0 spiro atoms. The molecule has 0 fully saturated rings. The molecule has 2 rings (SSSR count). The number of Topliss-reactive ketones (excluding diaryl/α,β-unsaturated/α-hetero) is 1. The van der Waals surface area contributed by atoms with Crippen LogP contribution in [0.5, 0.6) is 0 Å². The molecule has 3 heteroatoms. The minimum atomic E-state index is 0.0949. The summed E-state index contributed by atoms with van der Waals surface area (Å²) in [4.78, 5) is 16.4. The number of ketones is 1. The van der Waals surface area contributed by atoms with Crippen molar-refractivity contribution >= 4 is 21.7 Å². The Bertz CT molecular complexity index is 593. The van der Waals surface area contributed by atoms with Crippen LogP contribution in [-0.2, 0) is 6.42 Å². The molecule has 0 atom stereocenters. The molecule has 0 aliphatic carbocycles. The zero-order valence-corrected chi connectivity index (χ0v) is 12.0. The van der Waals surface area contributed by atoms with E-state index in [2.05, 4.69) is 20.9 Å². The second-order valence-electron chi connectivity index (χ2n) is 4.33. The van der Waals surface area contributed by atoms with E-state index in [1.807, 2.05) is 44.2 Å². The summed E-state index contributed by atoms with van der Waals surface area (Å²) in [6.07, 6.45) is 2.07. The molecule has 0 saturated carbocycles. The maximum absolute atomic E-state index is 12.2. The highest BCUT2D eigenvalue weighted by molar-refractivity contribution is 9.10. The molecule has 0 unspecified atom stereocenters. The van der Waals surface area contributed by atoms with E-state index >= 15 is 0 Å². The fourth-order valence-electron chi connectivity index (χ4n) is 1.72. The molecule has 1 aromatic heterocycles. The molecule has 92 valence electrons. The topological polar surface area (TPSA) is 30.0 Å². The van der Waals surface area contributed by atoms with E-state index in [0.29, 0.717) is 6.42 Å². The molecule has 1 aromatic carbocycles. The normalized spacial score (nSPS) is 10.4. The summed E-state index contributed by atoms with van der Waals surface area (Å²) in [7, 11) is 0. The number of carbonyl (C=O) groups is 1. The highest BCUT2D eigenvalue weighted by Gasteiger charge is 2.10. The van der Waals surface area contributed by atoms with Gasteiger partial charge in [-0.25, -0.2) is 0 Å². The predicted octanol–water partition coefficient (Wildman–Crippen LogP) is 3.89. The molecular weight excluding hydrogens is 290 g/mol. The lowest BCUT2D eigenvalue weighted by Gasteiger charge is -2.05.